The molecule has 1 atom stereocenters. The maximum Gasteiger partial charge on any atom is 0.0587 e. The van der Waals surface area contributed by atoms with E-state index in [0.29, 0.717) is 0 Å². The number of rotatable bonds is 8. The predicted octanol–water partition coefficient (Wildman–Crippen LogP) is 2.20. The molecule has 0 radical (unpaired) electrons. The molecule has 102 valence electrons. The third kappa shape index (κ3) is 5.40. The monoisotopic (exact) mass is 269 g/mol. The molecular weight excluding hydrogens is 246 g/mol. The molecular formula is C14H23NO2S. The van der Waals surface area contributed by atoms with Crippen LogP contribution in [0.1, 0.15) is 18.1 Å². The summed E-state index contributed by atoms with van der Waals surface area (Å²) in [5.41, 5.74) is 2.60. The summed E-state index contributed by atoms with van der Waals surface area (Å²) in [5, 5.41) is 12.6. The van der Waals surface area contributed by atoms with Gasteiger partial charge in [0.1, 0.15) is 0 Å². The molecule has 0 heterocycles. The van der Waals surface area contributed by atoms with Gasteiger partial charge in [0.2, 0.25) is 0 Å². The van der Waals surface area contributed by atoms with Gasteiger partial charge in [-0.2, -0.15) is 0 Å². The highest BCUT2D eigenvalue weighted by atomic mass is 32.2. The van der Waals surface area contributed by atoms with Gasteiger partial charge in [-0.1, -0.05) is 13.0 Å². The van der Waals surface area contributed by atoms with E-state index in [9.17, 15) is 0 Å². The molecule has 0 aromatic heterocycles. The van der Waals surface area contributed by atoms with Gasteiger partial charge in [-0.05, 0) is 30.2 Å². The van der Waals surface area contributed by atoms with Crippen LogP contribution in [0.3, 0.4) is 0 Å². The Balaban J connectivity index is 2.51. The lowest BCUT2D eigenvalue weighted by molar-refractivity contribution is 0.199. The molecule has 0 saturated heterocycles. The SMILES string of the molecule is COCCNCc1ccc(SC(C)CO)cc1C. The first-order chi connectivity index (χ1) is 8.67. The lowest BCUT2D eigenvalue weighted by Gasteiger charge is -2.11. The molecule has 0 saturated carbocycles. The van der Waals surface area contributed by atoms with Crippen LogP contribution >= 0.6 is 11.8 Å². The molecule has 2 N–H and O–H groups in total. The van der Waals surface area contributed by atoms with Crippen molar-refractivity contribution in [2.75, 3.05) is 26.9 Å². The number of ether oxygens (including phenoxy) is 1. The molecule has 0 bridgehead atoms. The van der Waals surface area contributed by atoms with Crippen LogP contribution in [0, 0.1) is 6.92 Å². The largest absolute Gasteiger partial charge is 0.395 e. The average molecular weight is 269 g/mol. The molecule has 1 unspecified atom stereocenters. The summed E-state index contributed by atoms with van der Waals surface area (Å²) >= 11 is 1.71. The van der Waals surface area contributed by atoms with Crippen molar-refractivity contribution in [3.05, 3.63) is 29.3 Å². The minimum absolute atomic E-state index is 0.212. The smallest absolute Gasteiger partial charge is 0.0587 e. The van der Waals surface area contributed by atoms with Gasteiger partial charge in [-0.25, -0.2) is 0 Å². The number of aryl methyl sites for hydroxylation is 1. The Morgan fingerprint density at radius 3 is 2.83 bits per heavy atom. The number of aliphatic hydroxyl groups excluding tert-OH is 1. The Morgan fingerprint density at radius 1 is 1.44 bits per heavy atom. The Labute approximate surface area is 114 Å². The molecule has 1 aromatic rings. The Hall–Kier alpha value is -0.550. The van der Waals surface area contributed by atoms with Crippen molar-refractivity contribution in [2.24, 2.45) is 0 Å². The van der Waals surface area contributed by atoms with Gasteiger partial charge in [-0.3, -0.25) is 0 Å². The minimum Gasteiger partial charge on any atom is -0.395 e. The quantitative estimate of drug-likeness (QED) is 0.561. The molecule has 0 fully saturated rings. The number of benzene rings is 1. The lowest BCUT2D eigenvalue weighted by atomic mass is 10.1. The highest BCUT2D eigenvalue weighted by molar-refractivity contribution is 8.00. The standard InChI is InChI=1S/C14H23NO2S/c1-11-8-14(18-12(2)10-16)5-4-13(11)9-15-6-7-17-3/h4-5,8,12,15-16H,6-7,9-10H2,1-3H3. The second-order valence-electron chi connectivity index (χ2n) is 4.37. The molecule has 0 amide bonds. The summed E-state index contributed by atoms with van der Waals surface area (Å²) in [6, 6.07) is 6.46. The van der Waals surface area contributed by atoms with Crippen LogP contribution in [0.25, 0.3) is 0 Å². The van der Waals surface area contributed by atoms with Crippen molar-refractivity contribution in [3.63, 3.8) is 0 Å². The van der Waals surface area contributed by atoms with Crippen LogP contribution < -0.4 is 5.32 Å². The van der Waals surface area contributed by atoms with Crippen molar-refractivity contribution >= 4 is 11.8 Å². The summed E-state index contributed by atoms with van der Waals surface area (Å²) in [4.78, 5) is 1.22. The Bertz CT molecular complexity index is 358. The summed E-state index contributed by atoms with van der Waals surface area (Å²) in [7, 11) is 1.71. The van der Waals surface area contributed by atoms with Crippen LogP contribution in [0.4, 0.5) is 0 Å². The topological polar surface area (TPSA) is 41.5 Å². The summed E-state index contributed by atoms with van der Waals surface area (Å²) < 4.78 is 5.00. The van der Waals surface area contributed by atoms with Crippen molar-refractivity contribution in [3.8, 4) is 0 Å². The zero-order valence-corrected chi connectivity index (χ0v) is 12.2. The van der Waals surface area contributed by atoms with E-state index in [4.69, 9.17) is 9.84 Å². The number of nitrogens with one attached hydrogen (secondary N) is 1. The van der Waals surface area contributed by atoms with Crippen LogP contribution in [-0.4, -0.2) is 37.2 Å². The fourth-order valence-corrected chi connectivity index (χ4v) is 2.54. The molecule has 3 nitrogen and oxygen atoms in total. The van der Waals surface area contributed by atoms with E-state index in [1.165, 1.54) is 16.0 Å². The fraction of sp³-hybridized carbons (Fsp3) is 0.571. The summed E-state index contributed by atoms with van der Waals surface area (Å²) in [6.07, 6.45) is 0. The van der Waals surface area contributed by atoms with E-state index in [1.807, 2.05) is 6.92 Å². The second kappa shape index (κ2) is 8.53. The van der Waals surface area contributed by atoms with E-state index in [-0.39, 0.29) is 11.9 Å². The number of methoxy groups -OCH3 is 1. The van der Waals surface area contributed by atoms with E-state index >= 15 is 0 Å². The second-order valence-corrected chi connectivity index (χ2v) is 5.88. The van der Waals surface area contributed by atoms with Crippen LogP contribution in [0.5, 0.6) is 0 Å². The molecule has 0 aliphatic rings. The van der Waals surface area contributed by atoms with Gasteiger partial charge in [0.15, 0.2) is 0 Å². The molecule has 0 aliphatic heterocycles. The molecule has 0 aliphatic carbocycles. The molecule has 0 spiro atoms. The average Bonchev–Trinajstić information content (AvgIpc) is 2.36. The van der Waals surface area contributed by atoms with E-state index in [1.54, 1.807) is 18.9 Å². The molecule has 1 rings (SSSR count). The zero-order valence-electron chi connectivity index (χ0n) is 11.4. The normalized spacial score (nSPS) is 12.7. The minimum atomic E-state index is 0.212. The lowest BCUT2D eigenvalue weighted by Crippen LogP contribution is -2.19. The van der Waals surface area contributed by atoms with Gasteiger partial charge in [0.05, 0.1) is 13.2 Å². The first kappa shape index (κ1) is 15.5. The van der Waals surface area contributed by atoms with Gasteiger partial charge in [0.25, 0.3) is 0 Å². The first-order valence-electron chi connectivity index (χ1n) is 6.24. The number of hydrogen-bond acceptors (Lipinski definition) is 4. The fourth-order valence-electron chi connectivity index (χ4n) is 1.61. The van der Waals surface area contributed by atoms with Gasteiger partial charge >= 0.3 is 0 Å². The molecule has 4 heteroatoms. The highest BCUT2D eigenvalue weighted by Gasteiger charge is 2.05. The van der Waals surface area contributed by atoms with Gasteiger partial charge in [-0.15, -0.1) is 11.8 Å². The van der Waals surface area contributed by atoms with Crippen LogP contribution in [0.2, 0.25) is 0 Å². The number of hydrogen-bond donors (Lipinski definition) is 2. The molecule has 1 aromatic carbocycles. The van der Waals surface area contributed by atoms with Crippen LogP contribution in [-0.2, 0) is 11.3 Å². The third-order valence-corrected chi connectivity index (χ3v) is 3.78. The van der Waals surface area contributed by atoms with Crippen molar-refractivity contribution in [1.29, 1.82) is 0 Å². The van der Waals surface area contributed by atoms with Crippen molar-refractivity contribution in [2.45, 2.75) is 30.5 Å². The van der Waals surface area contributed by atoms with E-state index < -0.39 is 0 Å². The maximum absolute atomic E-state index is 9.04. The summed E-state index contributed by atoms with van der Waals surface area (Å²) in [6.45, 7) is 6.84. The van der Waals surface area contributed by atoms with Crippen LogP contribution in [0.15, 0.2) is 23.1 Å². The van der Waals surface area contributed by atoms with E-state index in [2.05, 4.69) is 30.4 Å². The van der Waals surface area contributed by atoms with Crippen molar-refractivity contribution in [1.82, 2.24) is 5.32 Å². The van der Waals surface area contributed by atoms with E-state index in [0.717, 1.165) is 19.7 Å². The predicted molar refractivity (Wildman–Crippen MR) is 77.2 cm³/mol. The molecule has 18 heavy (non-hydrogen) atoms. The first-order valence-corrected chi connectivity index (χ1v) is 7.12. The third-order valence-electron chi connectivity index (χ3n) is 2.71. The van der Waals surface area contributed by atoms with Gasteiger partial charge < -0.3 is 15.2 Å². The number of aliphatic hydroxyl groups is 1. The Morgan fingerprint density at radius 2 is 2.22 bits per heavy atom. The maximum atomic E-state index is 9.04. The van der Waals surface area contributed by atoms with Gasteiger partial charge in [0, 0.05) is 30.3 Å². The summed E-state index contributed by atoms with van der Waals surface area (Å²) in [5.74, 6) is 0. The number of thioether (sulfide) groups is 1. The highest BCUT2D eigenvalue weighted by Crippen LogP contribution is 2.25. The Kier molecular flexibility index (Phi) is 7.35. The zero-order chi connectivity index (χ0) is 13.4. The van der Waals surface area contributed by atoms with Crippen molar-refractivity contribution < 1.29 is 9.84 Å².